The third-order valence-electron chi connectivity index (χ3n) is 3.87. The van der Waals surface area contributed by atoms with Gasteiger partial charge in [-0.05, 0) is 50.3 Å². The van der Waals surface area contributed by atoms with Gasteiger partial charge in [-0.3, -0.25) is 20.4 Å². The molecule has 0 saturated heterocycles. The number of H-pyrrole nitrogens is 1. The van der Waals surface area contributed by atoms with Gasteiger partial charge >= 0.3 is 5.69 Å². The van der Waals surface area contributed by atoms with Crippen molar-refractivity contribution in [2.75, 3.05) is 0 Å². The molecule has 2 aromatic heterocycles. The molecular formula is C16H18N4O3S. The van der Waals surface area contributed by atoms with Crippen molar-refractivity contribution in [2.24, 2.45) is 0 Å². The number of hydrogen-bond donors (Lipinski definition) is 3. The molecular weight excluding hydrogens is 328 g/mol. The van der Waals surface area contributed by atoms with Gasteiger partial charge in [-0.2, -0.15) is 4.98 Å². The first-order valence-electron chi connectivity index (χ1n) is 7.83. The van der Waals surface area contributed by atoms with E-state index in [0.717, 1.165) is 25.7 Å². The van der Waals surface area contributed by atoms with Crippen molar-refractivity contribution in [2.45, 2.75) is 39.0 Å². The summed E-state index contributed by atoms with van der Waals surface area (Å²) in [6.45, 7) is 1.65. The lowest BCUT2D eigenvalue weighted by Crippen LogP contribution is -2.42. The Morgan fingerprint density at radius 1 is 1.12 bits per heavy atom. The van der Waals surface area contributed by atoms with Crippen molar-refractivity contribution in [3.63, 3.8) is 0 Å². The second kappa shape index (κ2) is 6.96. The van der Waals surface area contributed by atoms with E-state index in [1.54, 1.807) is 6.92 Å². The second-order valence-electron chi connectivity index (χ2n) is 5.78. The topological polar surface area (TPSA) is 104 Å². The highest BCUT2D eigenvalue weighted by molar-refractivity contribution is 7.14. The first-order valence-corrected chi connectivity index (χ1v) is 8.65. The fraction of sp³-hybridized carbons (Fsp3) is 0.375. The maximum atomic E-state index is 12.2. The molecule has 0 fully saturated rings. The minimum absolute atomic E-state index is 0.0430. The average Bonchev–Trinajstić information content (AvgIpc) is 2.82. The highest BCUT2D eigenvalue weighted by Gasteiger charge is 2.17. The molecule has 0 radical (unpaired) electrons. The number of nitrogens with zero attached hydrogens (tertiary/aromatic N) is 1. The first kappa shape index (κ1) is 16.4. The lowest BCUT2D eigenvalue weighted by Gasteiger charge is -2.05. The van der Waals surface area contributed by atoms with Gasteiger partial charge in [0.25, 0.3) is 11.8 Å². The van der Waals surface area contributed by atoms with Crippen LogP contribution in [0.4, 0.5) is 0 Å². The van der Waals surface area contributed by atoms with Crippen LogP contribution in [0.3, 0.4) is 0 Å². The van der Waals surface area contributed by atoms with E-state index in [-0.39, 0.29) is 11.6 Å². The van der Waals surface area contributed by atoms with Gasteiger partial charge in [0, 0.05) is 10.6 Å². The number of aryl methyl sites for hydroxylation is 3. The number of hydrogen-bond acceptors (Lipinski definition) is 5. The van der Waals surface area contributed by atoms with Crippen LogP contribution in [0.2, 0.25) is 0 Å². The summed E-state index contributed by atoms with van der Waals surface area (Å²) in [6, 6.07) is 3.35. The fourth-order valence-electron chi connectivity index (χ4n) is 2.71. The van der Waals surface area contributed by atoms with Crippen molar-refractivity contribution in [1.29, 1.82) is 0 Å². The van der Waals surface area contributed by atoms with Gasteiger partial charge in [0.2, 0.25) is 0 Å². The molecule has 0 aromatic carbocycles. The molecule has 0 saturated carbocycles. The molecule has 0 bridgehead atoms. The molecule has 0 unspecified atom stereocenters. The predicted molar refractivity (Wildman–Crippen MR) is 90.1 cm³/mol. The molecule has 2 aromatic rings. The molecule has 8 heteroatoms. The third-order valence-corrected chi connectivity index (χ3v) is 5.11. The van der Waals surface area contributed by atoms with Crippen molar-refractivity contribution < 1.29 is 9.59 Å². The minimum Gasteiger partial charge on any atom is -0.310 e. The Labute approximate surface area is 142 Å². The second-order valence-corrected chi connectivity index (χ2v) is 6.92. The number of aromatic amines is 1. The van der Waals surface area contributed by atoms with Gasteiger partial charge in [0.05, 0.1) is 4.88 Å². The van der Waals surface area contributed by atoms with Gasteiger partial charge < -0.3 is 4.98 Å². The van der Waals surface area contributed by atoms with E-state index in [0.29, 0.717) is 10.6 Å². The Morgan fingerprint density at radius 2 is 1.88 bits per heavy atom. The number of thiophene rings is 1. The number of hydrazine groups is 1. The van der Waals surface area contributed by atoms with Crippen molar-refractivity contribution in [1.82, 2.24) is 20.8 Å². The van der Waals surface area contributed by atoms with Crippen molar-refractivity contribution >= 4 is 23.2 Å². The Morgan fingerprint density at radius 3 is 2.67 bits per heavy atom. The van der Waals surface area contributed by atoms with Gasteiger partial charge in [-0.25, -0.2) is 4.79 Å². The number of carbonyl (C=O) groups is 2. The molecule has 7 nitrogen and oxygen atoms in total. The lowest BCUT2D eigenvalue weighted by molar-refractivity contribution is 0.0846. The molecule has 3 rings (SSSR count). The summed E-state index contributed by atoms with van der Waals surface area (Å²) in [4.78, 5) is 43.4. The predicted octanol–water partition coefficient (Wildman–Crippen LogP) is 1.48. The summed E-state index contributed by atoms with van der Waals surface area (Å²) in [5.41, 5.74) is 5.79. The maximum absolute atomic E-state index is 12.2. The van der Waals surface area contributed by atoms with Gasteiger partial charge in [0.15, 0.2) is 0 Å². The zero-order valence-corrected chi connectivity index (χ0v) is 14.1. The lowest BCUT2D eigenvalue weighted by atomic mass is 10.1. The number of fused-ring (bicyclic) bond motifs is 1. The van der Waals surface area contributed by atoms with Crippen LogP contribution in [0.1, 0.15) is 55.6 Å². The number of aromatic nitrogens is 2. The summed E-state index contributed by atoms with van der Waals surface area (Å²) in [7, 11) is 0. The number of rotatable bonds is 2. The maximum Gasteiger partial charge on any atom is 0.345 e. The number of amides is 2. The van der Waals surface area contributed by atoms with Crippen LogP contribution in [0.15, 0.2) is 16.9 Å². The van der Waals surface area contributed by atoms with Gasteiger partial charge in [-0.1, -0.05) is 6.42 Å². The van der Waals surface area contributed by atoms with Crippen LogP contribution in [-0.4, -0.2) is 21.8 Å². The average molecular weight is 346 g/mol. The van der Waals surface area contributed by atoms with Crippen LogP contribution in [0.25, 0.3) is 0 Å². The number of nitrogens with one attached hydrogen (secondary N) is 3. The van der Waals surface area contributed by atoms with E-state index in [2.05, 4.69) is 20.8 Å². The molecule has 1 aliphatic rings. The fourth-order valence-corrected chi connectivity index (χ4v) is 3.86. The summed E-state index contributed by atoms with van der Waals surface area (Å²) < 4.78 is 0. The third kappa shape index (κ3) is 3.70. The molecule has 0 spiro atoms. The molecule has 126 valence electrons. The van der Waals surface area contributed by atoms with Crippen molar-refractivity contribution in [3.05, 3.63) is 49.3 Å². The summed E-state index contributed by atoms with van der Waals surface area (Å²) in [6.07, 6.45) is 5.53. The largest absolute Gasteiger partial charge is 0.345 e. The molecule has 2 heterocycles. The Bertz CT molecular complexity index is 817. The highest BCUT2D eigenvalue weighted by atomic mass is 32.1. The first-order chi connectivity index (χ1) is 11.5. The van der Waals surface area contributed by atoms with Crippen LogP contribution >= 0.6 is 11.3 Å². The summed E-state index contributed by atoms with van der Waals surface area (Å²) >= 11 is 1.48. The van der Waals surface area contributed by atoms with E-state index >= 15 is 0 Å². The Kier molecular flexibility index (Phi) is 4.75. The van der Waals surface area contributed by atoms with Crippen LogP contribution in [0, 0.1) is 6.92 Å². The van der Waals surface area contributed by atoms with E-state index in [4.69, 9.17) is 0 Å². The zero-order valence-electron chi connectivity index (χ0n) is 13.3. The standard InChI is InChI=1S/C16H18N4O3S/c1-9-7-11(18-16(23)17-9)14(21)19-20-15(22)13-8-10-5-3-2-4-6-12(10)24-13/h7-8H,2-6H2,1H3,(H,19,21)(H,20,22)(H,17,18,23). The van der Waals surface area contributed by atoms with E-state index in [9.17, 15) is 14.4 Å². The molecule has 24 heavy (non-hydrogen) atoms. The van der Waals surface area contributed by atoms with Crippen molar-refractivity contribution in [3.8, 4) is 0 Å². The smallest absolute Gasteiger partial charge is 0.310 e. The van der Waals surface area contributed by atoms with Crippen LogP contribution in [0.5, 0.6) is 0 Å². The zero-order chi connectivity index (χ0) is 17.1. The summed E-state index contributed by atoms with van der Waals surface area (Å²) in [5.74, 6) is -0.987. The molecule has 1 aliphatic carbocycles. The van der Waals surface area contributed by atoms with Crippen LogP contribution in [-0.2, 0) is 12.8 Å². The molecule has 0 aliphatic heterocycles. The highest BCUT2D eigenvalue weighted by Crippen LogP contribution is 2.28. The Hall–Kier alpha value is -2.48. The van der Waals surface area contributed by atoms with Gasteiger partial charge in [-0.15, -0.1) is 11.3 Å². The monoisotopic (exact) mass is 346 g/mol. The van der Waals surface area contributed by atoms with Crippen LogP contribution < -0.4 is 16.5 Å². The summed E-state index contributed by atoms with van der Waals surface area (Å²) in [5, 5.41) is 0. The van der Waals surface area contributed by atoms with E-state index < -0.39 is 11.6 Å². The van der Waals surface area contributed by atoms with E-state index in [1.165, 1.54) is 34.3 Å². The molecule has 2 amide bonds. The molecule has 0 atom stereocenters. The quantitative estimate of drug-likeness (QED) is 0.566. The number of carbonyl (C=O) groups excluding carboxylic acids is 2. The normalized spacial score (nSPS) is 13.7. The van der Waals surface area contributed by atoms with E-state index in [1.807, 2.05) is 6.07 Å². The SMILES string of the molecule is Cc1cc(C(=O)NNC(=O)c2cc3c(s2)CCCCC3)nc(=O)[nH]1. The minimum atomic E-state index is -0.629. The molecule has 3 N–H and O–H groups in total. The van der Waals surface area contributed by atoms with Gasteiger partial charge in [0.1, 0.15) is 5.69 Å². The Balaban J connectivity index is 1.65.